The Hall–Kier alpha value is -4.38. The lowest BCUT2D eigenvalue weighted by Gasteiger charge is -2.44. The Balaban J connectivity index is 1.19. The van der Waals surface area contributed by atoms with Gasteiger partial charge >= 0.3 is 12.1 Å². The van der Waals surface area contributed by atoms with Crippen molar-refractivity contribution < 1.29 is 37.9 Å². The first-order valence-electron chi connectivity index (χ1n) is 16.1. The van der Waals surface area contributed by atoms with E-state index in [9.17, 15) is 9.59 Å². The van der Waals surface area contributed by atoms with Gasteiger partial charge in [0.15, 0.2) is 23.9 Å². The maximum atomic E-state index is 15.4. The highest BCUT2D eigenvalue weighted by atomic mass is 35.5. The molecule has 0 unspecified atom stereocenters. The molecule has 0 spiro atoms. The highest BCUT2D eigenvalue weighted by Crippen LogP contribution is 2.42. The van der Waals surface area contributed by atoms with E-state index in [1.165, 1.54) is 25.2 Å². The number of nitrogens with one attached hydrogen (secondary N) is 1. The largest absolute Gasteiger partial charge is 0.493 e. The third-order valence-corrected chi connectivity index (χ3v) is 10.4. The van der Waals surface area contributed by atoms with Gasteiger partial charge in [-0.2, -0.15) is 0 Å². The lowest BCUT2D eigenvalue weighted by molar-refractivity contribution is -0.377. The van der Waals surface area contributed by atoms with Crippen LogP contribution >= 0.6 is 23.2 Å². The number of ether oxygens (including phenoxy) is 4. The second kappa shape index (κ2) is 13.9. The monoisotopic (exact) mass is 706 g/mol. The Bertz CT molecular complexity index is 1900. The minimum absolute atomic E-state index is 0.0230. The zero-order chi connectivity index (χ0) is 34.2. The van der Waals surface area contributed by atoms with Crippen molar-refractivity contribution in [3.63, 3.8) is 0 Å². The zero-order valence-electron chi connectivity index (χ0n) is 27.0. The first-order valence-corrected chi connectivity index (χ1v) is 16.9. The number of nitrogens with zero attached hydrogens (tertiary/aromatic N) is 2. The minimum atomic E-state index is -0.816. The van der Waals surface area contributed by atoms with E-state index >= 15 is 4.39 Å². The lowest BCUT2D eigenvalue weighted by Crippen LogP contribution is -2.53. The first-order chi connectivity index (χ1) is 23.7. The van der Waals surface area contributed by atoms with E-state index < -0.39 is 24.0 Å². The summed E-state index contributed by atoms with van der Waals surface area (Å²) in [6.45, 7) is 2.71. The van der Waals surface area contributed by atoms with Crippen LogP contribution in [0, 0.1) is 11.7 Å². The van der Waals surface area contributed by atoms with Crippen LogP contribution in [0.1, 0.15) is 46.0 Å². The molecule has 3 aromatic carbocycles. The number of aromatic nitrogens is 1. The Labute approximate surface area is 293 Å². The van der Waals surface area contributed by atoms with Crippen molar-refractivity contribution in [3.8, 4) is 22.6 Å². The second-order valence-electron chi connectivity index (χ2n) is 12.5. The molecule has 8 rings (SSSR count). The van der Waals surface area contributed by atoms with E-state index in [-0.39, 0.29) is 30.3 Å². The molecule has 49 heavy (non-hydrogen) atoms. The molecule has 5 heterocycles. The van der Waals surface area contributed by atoms with E-state index in [2.05, 4.69) is 9.88 Å². The van der Waals surface area contributed by atoms with Gasteiger partial charge < -0.3 is 18.9 Å². The van der Waals surface area contributed by atoms with Crippen molar-refractivity contribution in [2.75, 3.05) is 38.8 Å². The lowest BCUT2D eigenvalue weighted by atomic mass is 9.86. The molecule has 0 aliphatic carbocycles. The number of esters is 1. The molecule has 1 amide bonds. The number of fused-ring (bicyclic) bond motifs is 6. The number of pyridine rings is 1. The fourth-order valence-corrected chi connectivity index (χ4v) is 7.63. The van der Waals surface area contributed by atoms with Gasteiger partial charge in [-0.3, -0.25) is 9.80 Å². The summed E-state index contributed by atoms with van der Waals surface area (Å²) in [4.78, 5) is 34.1. The molecule has 0 radical (unpaired) electrons. The van der Waals surface area contributed by atoms with Gasteiger partial charge in [0, 0.05) is 24.1 Å². The summed E-state index contributed by atoms with van der Waals surface area (Å²) >= 11 is 13.0. The Morgan fingerprint density at radius 3 is 2.41 bits per heavy atom. The van der Waals surface area contributed by atoms with Gasteiger partial charge in [-0.05, 0) is 78.9 Å². The molecule has 9 nitrogen and oxygen atoms in total. The first kappa shape index (κ1) is 33.1. The van der Waals surface area contributed by atoms with Crippen molar-refractivity contribution in [2.24, 2.45) is 5.92 Å². The fraction of sp³-hybridized carbons (Fsp3) is 0.324. The van der Waals surface area contributed by atoms with Gasteiger partial charge in [0.2, 0.25) is 0 Å². The number of benzene rings is 3. The quantitative estimate of drug-likeness (QED) is 0.177. The molecule has 4 aromatic rings. The predicted molar refractivity (Wildman–Crippen MR) is 182 cm³/mol. The molecule has 4 aliphatic heterocycles. The Morgan fingerprint density at radius 1 is 0.959 bits per heavy atom. The number of H-pyrrole nitrogens is 1. The van der Waals surface area contributed by atoms with Crippen LogP contribution in [0.4, 0.5) is 14.9 Å². The van der Waals surface area contributed by atoms with Crippen LogP contribution < -0.4 is 19.4 Å². The Kier molecular flexibility index (Phi) is 9.37. The SMILES string of the molecule is COc1ccc([C@H](Cc2c(Cl)c[nH+]cc2Cl)OC(=O)c2ccc3c(c2)CN(C(=O)O[C@H]2CN4CCC2CC4)c2c(F)cccc2-3)cc1OC. The predicted octanol–water partition coefficient (Wildman–Crippen LogP) is 7.32. The van der Waals surface area contributed by atoms with Gasteiger partial charge in [0.05, 0.1) is 32.0 Å². The number of anilines is 1. The molecule has 12 heteroatoms. The summed E-state index contributed by atoms with van der Waals surface area (Å²) in [5.74, 6) is 0.147. The number of piperidine rings is 3. The Morgan fingerprint density at radius 2 is 1.71 bits per heavy atom. The standard InChI is InChI=1S/C37H34Cl2FN3O6/c1-46-31-9-7-22(15-33(31)47-2)32(16-27-28(38)17-41-18-29(27)39)48-36(44)23-6-8-25-24(14-23)19-43(35-26(25)4-3-5-30(35)40)37(45)49-34-20-42-12-10-21(34)11-13-42/h3-9,14-15,17-18,21,32,34H,10-13,16,19-20H2,1-2H3/p+1/t32-,34-/m0/s1. The average molecular weight is 708 g/mol. The molecule has 254 valence electrons. The van der Waals surface area contributed by atoms with Gasteiger partial charge in [-0.15, -0.1) is 0 Å². The summed E-state index contributed by atoms with van der Waals surface area (Å²) < 4.78 is 38.5. The highest BCUT2D eigenvalue weighted by Gasteiger charge is 2.39. The van der Waals surface area contributed by atoms with Crippen LogP contribution in [-0.2, 0) is 22.4 Å². The number of aromatic amines is 1. The summed E-state index contributed by atoms with van der Waals surface area (Å²) in [6, 6.07) is 15.0. The molecule has 4 aliphatic rings. The third kappa shape index (κ3) is 6.52. The third-order valence-electron chi connectivity index (χ3n) is 9.70. The fourth-order valence-electron chi connectivity index (χ4n) is 7.10. The van der Waals surface area contributed by atoms with Crippen LogP contribution in [-0.4, -0.2) is 56.9 Å². The van der Waals surface area contributed by atoms with Gasteiger partial charge in [-0.1, -0.05) is 47.5 Å². The van der Waals surface area contributed by atoms with Crippen molar-refractivity contribution in [2.45, 2.75) is 38.0 Å². The maximum Gasteiger partial charge on any atom is 0.415 e. The number of carbonyl (C=O) groups excluding carboxylic acids is 2. The van der Waals surface area contributed by atoms with Crippen molar-refractivity contribution in [1.82, 2.24) is 4.90 Å². The second-order valence-corrected chi connectivity index (χ2v) is 13.3. The maximum absolute atomic E-state index is 15.4. The molecule has 1 aromatic heterocycles. The summed E-state index contributed by atoms with van der Waals surface area (Å²) in [5.41, 5.74) is 3.57. The molecule has 1 N–H and O–H groups in total. The van der Waals surface area contributed by atoms with Crippen LogP contribution in [0.5, 0.6) is 11.5 Å². The van der Waals surface area contributed by atoms with Gasteiger partial charge in [0.25, 0.3) is 0 Å². The summed E-state index contributed by atoms with van der Waals surface area (Å²) in [7, 11) is 3.06. The molecular formula is C37H35Cl2FN3O6+. The highest BCUT2D eigenvalue weighted by molar-refractivity contribution is 6.35. The van der Waals surface area contributed by atoms with Crippen molar-refractivity contribution >= 4 is 41.0 Å². The summed E-state index contributed by atoms with van der Waals surface area (Å²) in [5, 5.41) is 0.776. The number of carbonyl (C=O) groups is 2. The smallest absolute Gasteiger partial charge is 0.415 e. The number of amides is 1. The molecule has 3 saturated heterocycles. The van der Waals surface area contributed by atoms with Crippen molar-refractivity contribution in [3.05, 3.63) is 105 Å². The number of halogens is 3. The number of methoxy groups -OCH3 is 2. The number of hydrogen-bond acceptors (Lipinski definition) is 7. The molecule has 2 bridgehead atoms. The van der Waals surface area contributed by atoms with Gasteiger partial charge in [-0.25, -0.2) is 19.0 Å². The molecular weight excluding hydrogens is 672 g/mol. The normalized spacial score (nSPS) is 19.8. The average Bonchev–Trinajstić information content (AvgIpc) is 3.12. The molecule has 0 saturated carbocycles. The van der Waals surface area contributed by atoms with E-state index in [1.54, 1.807) is 60.9 Å². The van der Waals surface area contributed by atoms with Crippen LogP contribution in [0.15, 0.2) is 67.0 Å². The van der Waals surface area contributed by atoms with Crippen LogP contribution in [0.3, 0.4) is 0 Å². The van der Waals surface area contributed by atoms with Crippen LogP contribution in [0.2, 0.25) is 10.0 Å². The van der Waals surface area contributed by atoms with E-state index in [0.29, 0.717) is 61.8 Å². The van der Waals surface area contributed by atoms with Crippen LogP contribution in [0.25, 0.3) is 11.1 Å². The van der Waals surface area contributed by atoms with Gasteiger partial charge in [0.1, 0.15) is 28.1 Å². The topological polar surface area (TPSA) is 91.7 Å². The molecule has 3 fully saturated rings. The number of hydrogen-bond donors (Lipinski definition) is 0. The minimum Gasteiger partial charge on any atom is -0.493 e. The van der Waals surface area contributed by atoms with E-state index in [4.69, 9.17) is 42.1 Å². The zero-order valence-corrected chi connectivity index (χ0v) is 28.5. The number of para-hydroxylation sites is 1. The van der Waals surface area contributed by atoms with Crippen molar-refractivity contribution in [1.29, 1.82) is 0 Å². The van der Waals surface area contributed by atoms with E-state index in [0.717, 1.165) is 25.9 Å². The number of rotatable bonds is 8. The summed E-state index contributed by atoms with van der Waals surface area (Å²) in [6.07, 6.45) is 3.66. The van der Waals surface area contributed by atoms with E-state index in [1.807, 2.05) is 0 Å². The molecule has 2 atom stereocenters.